The summed E-state index contributed by atoms with van der Waals surface area (Å²) in [5, 5.41) is 0. The summed E-state index contributed by atoms with van der Waals surface area (Å²) in [6.45, 7) is 6.42. The molecule has 0 heterocycles. The number of ether oxygens (including phenoxy) is 1. The van der Waals surface area contributed by atoms with Crippen molar-refractivity contribution >= 4 is 25.7 Å². The summed E-state index contributed by atoms with van der Waals surface area (Å²) in [5.41, 5.74) is 11.6. The lowest BCUT2D eigenvalue weighted by Gasteiger charge is -2.15. The molecular weight excluding hydrogens is 246 g/mol. The lowest BCUT2D eigenvalue weighted by atomic mass is 10.2. The van der Waals surface area contributed by atoms with Gasteiger partial charge in [-0.3, -0.25) is 0 Å². The van der Waals surface area contributed by atoms with Crippen molar-refractivity contribution < 1.29 is 9.53 Å². The number of rotatable bonds is 4. The maximum Gasteiger partial charge on any atom is 0.337 e. The summed E-state index contributed by atoms with van der Waals surface area (Å²) < 4.78 is 5.25. The largest absolute Gasteiger partial charge is 0.466 e. The minimum atomic E-state index is -1.38. The molecule has 98 valence electrons. The molecule has 0 unspecified atom stereocenters. The molecule has 0 spiro atoms. The fraction of sp³-hybridized carbons (Fsp3) is 0.333. The fourth-order valence-corrected chi connectivity index (χ4v) is 1.75. The molecule has 0 aliphatic carbocycles. The monoisotopic (exact) mass is 265 g/mol. The molecule has 0 amide bonds. The molecule has 4 N–H and O–H groups in total. The zero-order valence-electron chi connectivity index (χ0n) is 10.9. The van der Waals surface area contributed by atoms with Gasteiger partial charge >= 0.3 is 5.97 Å². The van der Waals surface area contributed by atoms with E-state index in [4.69, 9.17) is 16.2 Å². The zero-order valence-corrected chi connectivity index (χ0v) is 11.9. The molecule has 0 fully saturated rings. The van der Waals surface area contributed by atoms with Crippen LogP contribution in [0.3, 0.4) is 0 Å². The standard InChI is InChI=1S/C12H19N3O2Si/c1-18(2,3)8-17-11(16)9-4-6-10(7-5-9)15-12(13)14/h4-7H,8H2,1-3H3,(H4,13,14,15). The SMILES string of the molecule is C[Si](C)(C)COC(=O)c1ccc(N=C(N)N)cc1. The topological polar surface area (TPSA) is 90.7 Å². The Hall–Kier alpha value is -1.82. The number of guanidine groups is 1. The van der Waals surface area contributed by atoms with Gasteiger partial charge in [-0.2, -0.15) is 0 Å². The van der Waals surface area contributed by atoms with Crippen LogP contribution in [0.15, 0.2) is 29.3 Å². The molecule has 6 heteroatoms. The van der Waals surface area contributed by atoms with Gasteiger partial charge in [0.2, 0.25) is 0 Å². The number of nitrogens with zero attached hydrogens (tertiary/aromatic N) is 1. The Kier molecular flexibility index (Phi) is 4.49. The number of carbonyl (C=O) groups excluding carboxylic acids is 1. The van der Waals surface area contributed by atoms with Gasteiger partial charge in [-0.05, 0) is 24.3 Å². The van der Waals surface area contributed by atoms with Crippen LogP contribution in [0.1, 0.15) is 10.4 Å². The number of hydrogen-bond donors (Lipinski definition) is 2. The van der Waals surface area contributed by atoms with E-state index in [1.54, 1.807) is 24.3 Å². The van der Waals surface area contributed by atoms with Crippen LogP contribution >= 0.6 is 0 Å². The van der Waals surface area contributed by atoms with E-state index in [0.717, 1.165) is 0 Å². The van der Waals surface area contributed by atoms with Crippen LogP contribution in [-0.2, 0) is 4.74 Å². The van der Waals surface area contributed by atoms with E-state index in [2.05, 4.69) is 24.6 Å². The average Bonchev–Trinajstić information content (AvgIpc) is 2.25. The maximum absolute atomic E-state index is 11.7. The van der Waals surface area contributed by atoms with Crippen LogP contribution in [0.4, 0.5) is 5.69 Å². The second-order valence-electron chi connectivity index (χ2n) is 5.22. The normalized spacial score (nSPS) is 10.8. The molecule has 1 aromatic carbocycles. The van der Waals surface area contributed by atoms with Gasteiger partial charge in [0.1, 0.15) is 0 Å². The maximum atomic E-state index is 11.7. The third-order valence-electron chi connectivity index (χ3n) is 2.00. The molecule has 0 aromatic heterocycles. The Morgan fingerprint density at radius 3 is 2.22 bits per heavy atom. The van der Waals surface area contributed by atoms with E-state index in [9.17, 15) is 4.79 Å². The molecule has 0 saturated heterocycles. The van der Waals surface area contributed by atoms with Crippen LogP contribution in [-0.4, -0.2) is 26.2 Å². The van der Waals surface area contributed by atoms with Crippen LogP contribution in [0, 0.1) is 0 Å². The number of aliphatic imine (C=N–C) groups is 1. The van der Waals surface area contributed by atoms with Crippen molar-refractivity contribution in [2.45, 2.75) is 19.6 Å². The molecule has 0 saturated carbocycles. The molecule has 5 nitrogen and oxygen atoms in total. The first-order chi connectivity index (χ1) is 8.28. The molecule has 18 heavy (non-hydrogen) atoms. The molecule has 1 aromatic rings. The van der Waals surface area contributed by atoms with Gasteiger partial charge in [0.25, 0.3) is 0 Å². The number of hydrogen-bond acceptors (Lipinski definition) is 3. The van der Waals surface area contributed by atoms with Gasteiger partial charge in [0, 0.05) is 0 Å². The number of nitrogens with two attached hydrogens (primary N) is 2. The van der Waals surface area contributed by atoms with Crippen LogP contribution in [0.2, 0.25) is 19.6 Å². The second-order valence-corrected chi connectivity index (χ2v) is 10.6. The minimum absolute atomic E-state index is 0.0101. The van der Waals surface area contributed by atoms with E-state index in [1.807, 2.05) is 0 Å². The summed E-state index contributed by atoms with van der Waals surface area (Å²) >= 11 is 0. The van der Waals surface area contributed by atoms with Crippen LogP contribution in [0.5, 0.6) is 0 Å². The van der Waals surface area contributed by atoms with Crippen LogP contribution in [0.25, 0.3) is 0 Å². The van der Waals surface area contributed by atoms with Crippen molar-refractivity contribution in [1.82, 2.24) is 0 Å². The number of benzene rings is 1. The predicted octanol–water partition coefficient (Wildman–Crippen LogP) is 1.63. The summed E-state index contributed by atoms with van der Waals surface area (Å²) in [6, 6.07) is 6.64. The highest BCUT2D eigenvalue weighted by molar-refractivity contribution is 6.76. The highest BCUT2D eigenvalue weighted by atomic mass is 28.3. The molecule has 1 rings (SSSR count). The van der Waals surface area contributed by atoms with Crippen molar-refractivity contribution in [2.75, 3.05) is 6.23 Å². The van der Waals surface area contributed by atoms with Gasteiger partial charge in [-0.25, -0.2) is 9.79 Å². The van der Waals surface area contributed by atoms with Gasteiger partial charge in [0.05, 0.1) is 25.6 Å². The number of carbonyl (C=O) groups is 1. The smallest absolute Gasteiger partial charge is 0.337 e. The summed E-state index contributed by atoms with van der Waals surface area (Å²) in [5.74, 6) is -0.322. The zero-order chi connectivity index (χ0) is 13.8. The van der Waals surface area contributed by atoms with Gasteiger partial charge in [-0.15, -0.1) is 0 Å². The lowest BCUT2D eigenvalue weighted by molar-refractivity contribution is 0.0565. The Labute approximate surface area is 108 Å². The molecular formula is C12H19N3O2Si. The summed E-state index contributed by atoms with van der Waals surface area (Å²) in [6.07, 6.45) is 0.515. The van der Waals surface area contributed by atoms with Gasteiger partial charge in [-0.1, -0.05) is 19.6 Å². The quantitative estimate of drug-likeness (QED) is 0.374. The minimum Gasteiger partial charge on any atom is -0.466 e. The summed E-state index contributed by atoms with van der Waals surface area (Å²) in [4.78, 5) is 15.6. The van der Waals surface area contributed by atoms with Gasteiger partial charge < -0.3 is 16.2 Å². The third-order valence-corrected chi connectivity index (χ3v) is 3.01. The molecule has 0 aliphatic heterocycles. The molecule has 0 radical (unpaired) electrons. The highest BCUT2D eigenvalue weighted by Gasteiger charge is 2.17. The van der Waals surface area contributed by atoms with Crippen LogP contribution < -0.4 is 11.5 Å². The Balaban J connectivity index is 2.68. The van der Waals surface area contributed by atoms with E-state index in [-0.39, 0.29) is 11.9 Å². The third kappa shape index (κ3) is 5.01. The first-order valence-corrected chi connectivity index (χ1v) is 9.35. The van der Waals surface area contributed by atoms with Crippen molar-refractivity contribution in [3.63, 3.8) is 0 Å². The number of esters is 1. The first kappa shape index (κ1) is 14.2. The van der Waals surface area contributed by atoms with E-state index >= 15 is 0 Å². The molecule has 0 bridgehead atoms. The molecule has 0 aliphatic rings. The van der Waals surface area contributed by atoms with E-state index in [0.29, 0.717) is 17.5 Å². The van der Waals surface area contributed by atoms with Crippen molar-refractivity contribution in [3.05, 3.63) is 29.8 Å². The van der Waals surface area contributed by atoms with Crippen molar-refractivity contribution in [1.29, 1.82) is 0 Å². The predicted molar refractivity (Wildman–Crippen MR) is 75.5 cm³/mol. The fourth-order valence-electron chi connectivity index (χ4n) is 1.19. The lowest BCUT2D eigenvalue weighted by Crippen LogP contribution is -2.29. The first-order valence-electron chi connectivity index (χ1n) is 5.65. The van der Waals surface area contributed by atoms with Crippen molar-refractivity contribution in [3.8, 4) is 0 Å². The Morgan fingerprint density at radius 1 is 1.22 bits per heavy atom. The van der Waals surface area contributed by atoms with E-state index in [1.165, 1.54) is 0 Å². The van der Waals surface area contributed by atoms with Crippen molar-refractivity contribution in [2.24, 2.45) is 16.5 Å². The highest BCUT2D eigenvalue weighted by Crippen LogP contribution is 2.14. The van der Waals surface area contributed by atoms with E-state index < -0.39 is 8.07 Å². The Bertz CT molecular complexity index is 445. The average molecular weight is 265 g/mol. The Morgan fingerprint density at radius 2 is 1.78 bits per heavy atom. The summed E-state index contributed by atoms with van der Waals surface area (Å²) in [7, 11) is -1.38. The second kappa shape index (κ2) is 5.68. The van der Waals surface area contributed by atoms with Gasteiger partial charge in [0.15, 0.2) is 5.96 Å². The molecule has 0 atom stereocenters.